The van der Waals surface area contributed by atoms with E-state index in [2.05, 4.69) is 30.9 Å². The summed E-state index contributed by atoms with van der Waals surface area (Å²) in [5.41, 5.74) is 17.9. The zero-order chi connectivity index (χ0) is 27.2. The molecule has 1 aromatic carbocycles. The maximum absolute atomic E-state index is 13.3. The highest BCUT2D eigenvalue weighted by atomic mass is 16.4. The van der Waals surface area contributed by atoms with Gasteiger partial charge in [-0.3, -0.25) is 24.2 Å². The van der Waals surface area contributed by atoms with Gasteiger partial charge in [0, 0.05) is 31.3 Å². The van der Waals surface area contributed by atoms with Gasteiger partial charge in [0.25, 0.3) is 0 Å². The highest BCUT2D eigenvalue weighted by Gasteiger charge is 2.29. The molecule has 14 heteroatoms. The summed E-state index contributed by atoms with van der Waals surface area (Å²) < 4.78 is 0. The first-order valence-corrected chi connectivity index (χ1v) is 11.6. The van der Waals surface area contributed by atoms with Crippen LogP contribution >= 0.6 is 0 Å². The van der Waals surface area contributed by atoms with Crippen LogP contribution in [0.3, 0.4) is 0 Å². The van der Waals surface area contributed by atoms with Gasteiger partial charge in [-0.05, 0) is 18.4 Å². The van der Waals surface area contributed by atoms with Gasteiger partial charge in [-0.1, -0.05) is 30.3 Å². The van der Waals surface area contributed by atoms with E-state index in [-0.39, 0.29) is 25.2 Å². The van der Waals surface area contributed by atoms with Gasteiger partial charge in [0.05, 0.1) is 12.4 Å². The molecule has 0 spiro atoms. The molecule has 3 unspecified atom stereocenters. The second kappa shape index (κ2) is 14.8. The number of amides is 3. The summed E-state index contributed by atoms with van der Waals surface area (Å²) in [5, 5.41) is 16.4. The van der Waals surface area contributed by atoms with Crippen LogP contribution in [0.4, 0.5) is 0 Å². The fourth-order valence-electron chi connectivity index (χ4n) is 3.37. The summed E-state index contributed by atoms with van der Waals surface area (Å²) in [5.74, 6) is -3.19. The Bertz CT molecular complexity index is 1060. The number of hydrogen-bond acceptors (Lipinski definition) is 7. The molecule has 37 heavy (non-hydrogen) atoms. The summed E-state index contributed by atoms with van der Waals surface area (Å²) >= 11 is 0. The van der Waals surface area contributed by atoms with Crippen LogP contribution in [0, 0.1) is 0 Å². The molecule has 2 aromatic rings. The lowest BCUT2D eigenvalue weighted by Gasteiger charge is -2.24. The minimum Gasteiger partial charge on any atom is -0.480 e. The Morgan fingerprint density at radius 1 is 1.00 bits per heavy atom. The largest absolute Gasteiger partial charge is 0.480 e. The van der Waals surface area contributed by atoms with Crippen molar-refractivity contribution in [2.45, 2.75) is 43.8 Å². The van der Waals surface area contributed by atoms with Gasteiger partial charge in [-0.15, -0.1) is 0 Å². The average Bonchev–Trinajstić information content (AvgIpc) is 3.37. The van der Waals surface area contributed by atoms with E-state index in [0.29, 0.717) is 18.7 Å². The van der Waals surface area contributed by atoms with E-state index >= 15 is 0 Å². The van der Waals surface area contributed by atoms with Crippen LogP contribution in [0.25, 0.3) is 0 Å². The van der Waals surface area contributed by atoms with Crippen LogP contribution in [-0.2, 0) is 32.0 Å². The van der Waals surface area contributed by atoms with Gasteiger partial charge in [0.15, 0.2) is 5.96 Å². The fourth-order valence-corrected chi connectivity index (χ4v) is 3.37. The number of carboxylic acid groups (broad SMARTS) is 1. The van der Waals surface area contributed by atoms with Crippen LogP contribution in [0.1, 0.15) is 24.1 Å². The average molecular weight is 516 g/mol. The third-order valence-electron chi connectivity index (χ3n) is 5.25. The number of hydrogen-bond donors (Lipinski definition) is 8. The van der Waals surface area contributed by atoms with Crippen molar-refractivity contribution in [2.24, 2.45) is 22.2 Å². The number of nitrogens with one attached hydrogen (secondary N) is 4. The molecule has 0 saturated heterocycles. The molecular formula is C23H33N9O5. The Morgan fingerprint density at radius 3 is 2.30 bits per heavy atom. The van der Waals surface area contributed by atoms with Crippen molar-refractivity contribution in [3.63, 3.8) is 0 Å². The quantitative estimate of drug-likeness (QED) is 0.0724. The fraction of sp³-hybridized carbons (Fsp3) is 0.391. The van der Waals surface area contributed by atoms with Gasteiger partial charge in [-0.25, -0.2) is 4.98 Å². The number of nitrogens with two attached hydrogens (primary N) is 3. The van der Waals surface area contributed by atoms with Crippen LogP contribution in [-0.4, -0.2) is 75.9 Å². The Labute approximate surface area is 213 Å². The molecule has 1 aromatic heterocycles. The molecule has 11 N–H and O–H groups in total. The normalized spacial score (nSPS) is 13.0. The first kappa shape index (κ1) is 28.8. The molecule has 0 bridgehead atoms. The third-order valence-corrected chi connectivity index (χ3v) is 5.25. The Hall–Kier alpha value is -4.46. The highest BCUT2D eigenvalue weighted by molar-refractivity contribution is 5.94. The summed E-state index contributed by atoms with van der Waals surface area (Å²) in [6.45, 7) is -0.314. The smallest absolute Gasteiger partial charge is 0.322 e. The second-order valence-electron chi connectivity index (χ2n) is 8.26. The molecule has 0 saturated carbocycles. The molecule has 0 radical (unpaired) electrons. The van der Waals surface area contributed by atoms with E-state index in [1.807, 2.05) is 6.07 Å². The number of imidazole rings is 1. The molecule has 0 aliphatic carbocycles. The summed E-state index contributed by atoms with van der Waals surface area (Å²) in [7, 11) is 0. The Balaban J connectivity index is 2.14. The number of rotatable bonds is 15. The first-order chi connectivity index (χ1) is 17.7. The van der Waals surface area contributed by atoms with Crippen molar-refractivity contribution in [3.8, 4) is 0 Å². The summed E-state index contributed by atoms with van der Waals surface area (Å²) in [6.07, 6.45) is 3.78. The van der Waals surface area contributed by atoms with E-state index in [4.69, 9.17) is 22.3 Å². The first-order valence-electron chi connectivity index (χ1n) is 11.6. The molecule has 0 aliphatic heterocycles. The molecule has 3 amide bonds. The zero-order valence-corrected chi connectivity index (χ0v) is 20.2. The van der Waals surface area contributed by atoms with Crippen LogP contribution in [0.15, 0.2) is 47.8 Å². The van der Waals surface area contributed by atoms with Gasteiger partial charge in [0.1, 0.15) is 18.6 Å². The number of aromatic nitrogens is 2. The molecule has 0 aliphatic rings. The van der Waals surface area contributed by atoms with Gasteiger partial charge in [0.2, 0.25) is 17.7 Å². The molecule has 200 valence electrons. The SMILES string of the molecule is NC(N)=NCCCC(N)C(=O)NC(Cc1ccccc1)C(=O)NC(Cc1cnc[nH]1)C(=O)NCC(=O)O. The maximum Gasteiger partial charge on any atom is 0.322 e. The Kier molecular flexibility index (Phi) is 11.5. The van der Waals surface area contributed by atoms with E-state index < -0.39 is 48.4 Å². The number of carboxylic acids is 1. The lowest BCUT2D eigenvalue weighted by molar-refractivity contribution is -0.138. The van der Waals surface area contributed by atoms with E-state index in [9.17, 15) is 19.2 Å². The lowest BCUT2D eigenvalue weighted by Crippen LogP contribution is -2.57. The molecule has 0 fully saturated rings. The molecular weight excluding hydrogens is 482 g/mol. The maximum atomic E-state index is 13.3. The van der Waals surface area contributed by atoms with Gasteiger partial charge < -0.3 is 43.2 Å². The number of benzene rings is 1. The van der Waals surface area contributed by atoms with Crippen molar-refractivity contribution in [1.29, 1.82) is 0 Å². The molecule has 3 atom stereocenters. The van der Waals surface area contributed by atoms with Crippen molar-refractivity contribution in [1.82, 2.24) is 25.9 Å². The number of carbonyl (C=O) groups is 4. The number of carbonyl (C=O) groups excluding carboxylic acids is 3. The minimum atomic E-state index is -1.23. The van der Waals surface area contributed by atoms with Crippen LogP contribution in [0.5, 0.6) is 0 Å². The second-order valence-corrected chi connectivity index (χ2v) is 8.26. The number of guanidine groups is 1. The Morgan fingerprint density at radius 2 is 1.68 bits per heavy atom. The predicted octanol–water partition coefficient (Wildman–Crippen LogP) is -2.25. The standard InChI is InChI=1S/C23H33N9O5/c24-16(7-4-8-28-23(25)26)20(35)31-17(9-14-5-2-1-3-6-14)22(37)32-18(10-15-11-27-13-30-15)21(36)29-12-19(33)34/h1-3,5-6,11,13,16-18H,4,7-10,12,24H2,(H,27,30)(H,29,36)(H,31,35)(H,32,37)(H,33,34)(H4,25,26,28). The summed E-state index contributed by atoms with van der Waals surface area (Å²) in [6, 6.07) is 5.89. The van der Waals surface area contributed by atoms with E-state index in [1.165, 1.54) is 12.5 Å². The summed E-state index contributed by atoms with van der Waals surface area (Å²) in [4.78, 5) is 60.2. The number of aromatic amines is 1. The molecule has 2 rings (SSSR count). The van der Waals surface area contributed by atoms with E-state index in [1.54, 1.807) is 24.3 Å². The third kappa shape index (κ3) is 10.8. The van der Waals surface area contributed by atoms with Crippen molar-refractivity contribution in [3.05, 3.63) is 54.1 Å². The predicted molar refractivity (Wildman–Crippen MR) is 135 cm³/mol. The van der Waals surface area contributed by atoms with Crippen molar-refractivity contribution < 1.29 is 24.3 Å². The monoisotopic (exact) mass is 515 g/mol. The number of nitrogens with zero attached hydrogens (tertiary/aromatic N) is 2. The van der Waals surface area contributed by atoms with E-state index in [0.717, 1.165) is 5.56 Å². The molecule has 14 nitrogen and oxygen atoms in total. The van der Waals surface area contributed by atoms with Crippen LogP contribution in [0.2, 0.25) is 0 Å². The van der Waals surface area contributed by atoms with Crippen LogP contribution < -0.4 is 33.2 Å². The lowest BCUT2D eigenvalue weighted by atomic mass is 10.0. The number of aliphatic imine (C=N–C) groups is 1. The highest BCUT2D eigenvalue weighted by Crippen LogP contribution is 2.07. The van der Waals surface area contributed by atoms with Crippen molar-refractivity contribution in [2.75, 3.05) is 13.1 Å². The topological polar surface area (TPSA) is 244 Å². The number of H-pyrrole nitrogens is 1. The van der Waals surface area contributed by atoms with Gasteiger partial charge >= 0.3 is 5.97 Å². The number of aliphatic carboxylic acids is 1. The van der Waals surface area contributed by atoms with Gasteiger partial charge in [-0.2, -0.15) is 0 Å². The molecule has 1 heterocycles. The minimum absolute atomic E-state index is 0.0213. The van der Waals surface area contributed by atoms with Crippen molar-refractivity contribution >= 4 is 29.7 Å². The zero-order valence-electron chi connectivity index (χ0n) is 20.2.